The van der Waals surface area contributed by atoms with Crippen LogP contribution in [-0.2, 0) is 14.3 Å². The van der Waals surface area contributed by atoms with Crippen molar-refractivity contribution in [3.63, 3.8) is 0 Å². The van der Waals surface area contributed by atoms with Gasteiger partial charge in [-0.15, -0.1) is 0 Å². The summed E-state index contributed by atoms with van der Waals surface area (Å²) in [6.07, 6.45) is 2.49. The Hall–Kier alpha value is -3.46. The fourth-order valence-corrected chi connectivity index (χ4v) is 6.18. The van der Waals surface area contributed by atoms with Gasteiger partial charge in [-0.05, 0) is 35.6 Å². The molecule has 39 heavy (non-hydrogen) atoms. The van der Waals surface area contributed by atoms with Crippen LogP contribution in [0, 0.1) is 5.92 Å². The number of benzene rings is 2. The van der Waals surface area contributed by atoms with E-state index in [-0.39, 0.29) is 24.0 Å². The zero-order chi connectivity index (χ0) is 26.3. The summed E-state index contributed by atoms with van der Waals surface area (Å²) in [5.41, 5.74) is 6.27. The molecule has 2 aromatic carbocycles. The Morgan fingerprint density at radius 2 is 1.69 bits per heavy atom. The average molecular weight is 545 g/mol. The fraction of sp³-hybridized carbons (Fsp3) is 0.367. The van der Waals surface area contributed by atoms with Crippen LogP contribution >= 0.6 is 11.6 Å². The first-order chi connectivity index (χ1) is 19.1. The molecule has 200 valence electrons. The Kier molecular flexibility index (Phi) is 6.46. The van der Waals surface area contributed by atoms with Gasteiger partial charge in [-0.3, -0.25) is 4.79 Å². The Bertz CT molecular complexity index is 1500. The molecule has 3 saturated heterocycles. The molecular weight excluding hydrogens is 516 g/mol. The molecule has 2 N–H and O–H groups in total. The highest BCUT2D eigenvalue weighted by Crippen LogP contribution is 2.34. The van der Waals surface area contributed by atoms with Crippen molar-refractivity contribution in [3.8, 4) is 28.4 Å². The Morgan fingerprint density at radius 3 is 2.46 bits per heavy atom. The zero-order valence-electron chi connectivity index (χ0n) is 21.4. The molecule has 9 heteroatoms. The number of hydrogen-bond donors (Lipinski definition) is 2. The van der Waals surface area contributed by atoms with Crippen LogP contribution in [0.3, 0.4) is 0 Å². The van der Waals surface area contributed by atoms with E-state index in [4.69, 9.17) is 30.8 Å². The lowest BCUT2D eigenvalue weighted by molar-refractivity contribution is -0.119. The minimum Gasteiger partial charge on any atom is -0.459 e. The molecule has 0 radical (unpaired) electrons. The van der Waals surface area contributed by atoms with E-state index in [0.29, 0.717) is 47.9 Å². The number of nitrogens with zero attached hydrogens (tertiary/aromatic N) is 2. The van der Waals surface area contributed by atoms with Crippen molar-refractivity contribution in [1.29, 1.82) is 0 Å². The quantitative estimate of drug-likeness (QED) is 0.362. The predicted octanol–water partition coefficient (Wildman–Crippen LogP) is 5.12. The van der Waals surface area contributed by atoms with Crippen LogP contribution in [0.4, 0.5) is 0 Å². The number of nitrogens with one attached hydrogen (secondary N) is 2. The minimum atomic E-state index is -0.0638. The third kappa shape index (κ3) is 4.88. The van der Waals surface area contributed by atoms with Gasteiger partial charge in [-0.2, -0.15) is 4.98 Å². The van der Waals surface area contributed by atoms with Crippen LogP contribution in [0.15, 0.2) is 54.6 Å². The number of ether oxygens (including phenoxy) is 3. The number of H-pyrrole nitrogens is 1. The van der Waals surface area contributed by atoms with Crippen molar-refractivity contribution < 1.29 is 19.0 Å². The number of imidazole rings is 1. The van der Waals surface area contributed by atoms with Crippen molar-refractivity contribution in [2.75, 3.05) is 26.4 Å². The second-order valence-corrected chi connectivity index (χ2v) is 10.9. The molecule has 8 nitrogen and oxygen atoms in total. The second-order valence-electron chi connectivity index (χ2n) is 10.5. The molecule has 4 atom stereocenters. The summed E-state index contributed by atoms with van der Waals surface area (Å²) in [5.74, 6) is 0.668. The second kappa shape index (κ2) is 10.3. The van der Waals surface area contributed by atoms with Crippen LogP contribution in [0.5, 0.6) is 6.01 Å². The normalized spacial score (nSPS) is 24.9. The van der Waals surface area contributed by atoms with Crippen LogP contribution in [0.25, 0.3) is 33.5 Å². The molecule has 3 aliphatic heterocycles. The highest BCUT2D eigenvalue weighted by Gasteiger charge is 2.40. The van der Waals surface area contributed by atoms with E-state index in [1.165, 1.54) is 5.56 Å². The van der Waals surface area contributed by atoms with Crippen LogP contribution < -0.4 is 10.1 Å². The fourth-order valence-electron chi connectivity index (χ4n) is 5.92. The first kappa shape index (κ1) is 24.6. The number of aromatic amines is 1. The summed E-state index contributed by atoms with van der Waals surface area (Å²) in [6.45, 7) is 2.73. The molecule has 5 heterocycles. The lowest BCUT2D eigenvalue weighted by Gasteiger charge is -2.19. The van der Waals surface area contributed by atoms with Gasteiger partial charge < -0.3 is 24.5 Å². The van der Waals surface area contributed by atoms with E-state index >= 15 is 0 Å². The van der Waals surface area contributed by atoms with Gasteiger partial charge >= 0.3 is 0 Å². The molecule has 3 aliphatic rings. The van der Waals surface area contributed by atoms with Gasteiger partial charge in [0.1, 0.15) is 6.10 Å². The van der Waals surface area contributed by atoms with Gasteiger partial charge in [0.05, 0.1) is 28.9 Å². The summed E-state index contributed by atoms with van der Waals surface area (Å²) in [4.78, 5) is 24.1. The van der Waals surface area contributed by atoms with E-state index in [1.807, 2.05) is 18.2 Å². The number of pyridine rings is 1. The maximum Gasteiger partial charge on any atom is 0.296 e. The Balaban J connectivity index is 1.08. The highest BCUT2D eigenvalue weighted by molar-refractivity contribution is 6.33. The van der Waals surface area contributed by atoms with Crippen molar-refractivity contribution in [1.82, 2.24) is 20.3 Å². The molecule has 0 spiro atoms. The number of carbonyl (C=O) groups excluding carboxylic acids is 1. The van der Waals surface area contributed by atoms with Crippen molar-refractivity contribution in [2.45, 2.75) is 37.4 Å². The number of aromatic nitrogens is 3. The maximum absolute atomic E-state index is 11.5. The molecule has 0 bridgehead atoms. The maximum atomic E-state index is 11.5. The lowest BCUT2D eigenvalue weighted by atomic mass is 9.94. The first-order valence-electron chi connectivity index (χ1n) is 13.5. The number of amides is 1. The molecule has 2 aromatic heterocycles. The Morgan fingerprint density at radius 1 is 0.949 bits per heavy atom. The van der Waals surface area contributed by atoms with Crippen molar-refractivity contribution >= 4 is 28.7 Å². The van der Waals surface area contributed by atoms with E-state index < -0.39 is 0 Å². The summed E-state index contributed by atoms with van der Waals surface area (Å²) in [5, 5.41) is 3.44. The largest absolute Gasteiger partial charge is 0.459 e. The van der Waals surface area contributed by atoms with E-state index in [0.717, 1.165) is 48.3 Å². The number of carbonyl (C=O) groups is 1. The van der Waals surface area contributed by atoms with Gasteiger partial charge in [0, 0.05) is 43.6 Å². The molecule has 4 aromatic rings. The first-order valence-corrected chi connectivity index (χ1v) is 13.9. The smallest absolute Gasteiger partial charge is 0.296 e. The van der Waals surface area contributed by atoms with Crippen LogP contribution in [-0.4, -0.2) is 59.4 Å². The predicted molar refractivity (Wildman–Crippen MR) is 148 cm³/mol. The van der Waals surface area contributed by atoms with E-state index in [1.54, 1.807) is 0 Å². The van der Waals surface area contributed by atoms with Crippen LogP contribution in [0.1, 0.15) is 30.7 Å². The monoisotopic (exact) mass is 544 g/mol. The van der Waals surface area contributed by atoms with Gasteiger partial charge in [0.25, 0.3) is 6.01 Å². The topological polar surface area (TPSA) is 98.4 Å². The van der Waals surface area contributed by atoms with E-state index in [2.05, 4.69) is 51.7 Å². The minimum absolute atomic E-state index is 0.0638. The molecular formula is C30H29ClN4O4. The Labute approximate surface area is 231 Å². The molecule has 0 saturated carbocycles. The van der Waals surface area contributed by atoms with Gasteiger partial charge in [-0.25, -0.2) is 4.98 Å². The lowest BCUT2D eigenvalue weighted by Crippen LogP contribution is -2.29. The molecule has 0 aliphatic carbocycles. The van der Waals surface area contributed by atoms with Gasteiger partial charge in [0.15, 0.2) is 5.65 Å². The number of rotatable bonds is 5. The third-order valence-electron chi connectivity index (χ3n) is 8.09. The zero-order valence-corrected chi connectivity index (χ0v) is 22.1. The molecule has 2 unspecified atom stereocenters. The molecule has 3 fully saturated rings. The van der Waals surface area contributed by atoms with Crippen LogP contribution in [0.2, 0.25) is 5.02 Å². The highest BCUT2D eigenvalue weighted by atomic mass is 35.5. The average Bonchev–Trinajstić information content (AvgIpc) is 3.62. The number of hydrogen-bond acceptors (Lipinski definition) is 6. The van der Waals surface area contributed by atoms with E-state index in [9.17, 15) is 4.79 Å². The van der Waals surface area contributed by atoms with Crippen molar-refractivity contribution in [3.05, 3.63) is 65.2 Å². The number of halogens is 1. The third-order valence-corrected chi connectivity index (χ3v) is 8.38. The molecule has 1 amide bonds. The SMILES string of the molecule is O=C1CC(c2ccc(-c3ccc(-c4nc5nc(OC6CO[C@@H]7CCOCC[C@@H]67)[nH]c5cc4Cl)cc3)cc2)CN1. The van der Waals surface area contributed by atoms with Gasteiger partial charge in [-0.1, -0.05) is 60.1 Å². The summed E-state index contributed by atoms with van der Waals surface area (Å²) in [7, 11) is 0. The van der Waals surface area contributed by atoms with Gasteiger partial charge in [0.2, 0.25) is 5.91 Å². The molecule has 7 rings (SSSR count). The summed E-state index contributed by atoms with van der Waals surface area (Å²) >= 11 is 6.66. The summed E-state index contributed by atoms with van der Waals surface area (Å²) < 4.78 is 17.8. The van der Waals surface area contributed by atoms with Crippen molar-refractivity contribution in [2.24, 2.45) is 5.92 Å². The number of fused-ring (bicyclic) bond motifs is 2. The standard InChI is InChI=1S/C30H29ClN4O4/c31-23-14-24-29(35-30(33-24)39-26-16-38-25-10-12-37-11-9-22(25)26)34-28(23)20-7-5-18(6-8-20)17-1-3-19(4-2-17)21-13-27(36)32-15-21/h1-8,14,21-22,25-26H,9-13,15-16H2,(H,32,36)(H,33,34,35)/t21?,22-,25-,26?/m1/s1. The summed E-state index contributed by atoms with van der Waals surface area (Å²) in [6, 6.07) is 18.9.